The van der Waals surface area contributed by atoms with E-state index in [-0.39, 0.29) is 23.6 Å². The van der Waals surface area contributed by atoms with Gasteiger partial charge >= 0.3 is 6.03 Å². The SMILES string of the molecule is CCN(CCNC(=O)c1cc(Cl)c(N)cc1OC)C(=O)NCCC(C)C.CCO.CCOC. The fourth-order valence-corrected chi connectivity index (χ4v) is 2.46. The van der Waals surface area contributed by atoms with Gasteiger partial charge < -0.3 is 35.8 Å². The summed E-state index contributed by atoms with van der Waals surface area (Å²) >= 11 is 5.98. The van der Waals surface area contributed by atoms with Crippen LogP contribution in [0.2, 0.25) is 5.02 Å². The van der Waals surface area contributed by atoms with Crippen molar-refractivity contribution in [2.75, 3.05) is 59.3 Å². The number of nitrogens with two attached hydrogens (primary N) is 1. The number of likely N-dealkylation sites (N-methyl/N-ethyl adjacent to an activating group) is 1. The van der Waals surface area contributed by atoms with E-state index in [1.54, 1.807) is 18.9 Å². The van der Waals surface area contributed by atoms with Crippen molar-refractivity contribution < 1.29 is 24.2 Å². The second-order valence-corrected chi connectivity index (χ2v) is 7.62. The summed E-state index contributed by atoms with van der Waals surface area (Å²) in [5.74, 6) is 0.551. The van der Waals surface area contributed by atoms with Crippen LogP contribution < -0.4 is 21.1 Å². The van der Waals surface area contributed by atoms with Gasteiger partial charge in [-0.1, -0.05) is 25.4 Å². The predicted molar refractivity (Wildman–Crippen MR) is 135 cm³/mol. The van der Waals surface area contributed by atoms with Gasteiger partial charge in [-0.2, -0.15) is 0 Å². The van der Waals surface area contributed by atoms with E-state index in [0.717, 1.165) is 13.0 Å². The first-order valence-electron chi connectivity index (χ1n) is 11.2. The minimum atomic E-state index is -0.333. The highest BCUT2D eigenvalue weighted by Gasteiger charge is 2.16. The highest BCUT2D eigenvalue weighted by molar-refractivity contribution is 6.33. The lowest BCUT2D eigenvalue weighted by Crippen LogP contribution is -2.44. The molecule has 0 atom stereocenters. The van der Waals surface area contributed by atoms with Crippen molar-refractivity contribution in [2.45, 2.75) is 41.0 Å². The van der Waals surface area contributed by atoms with Gasteiger partial charge in [-0.3, -0.25) is 4.79 Å². The summed E-state index contributed by atoms with van der Waals surface area (Å²) in [7, 11) is 3.14. The van der Waals surface area contributed by atoms with Crippen molar-refractivity contribution >= 4 is 29.2 Å². The molecule has 33 heavy (non-hydrogen) atoms. The van der Waals surface area contributed by atoms with Crippen LogP contribution in [-0.2, 0) is 4.74 Å². The molecule has 0 radical (unpaired) electrons. The number of urea groups is 1. The van der Waals surface area contributed by atoms with E-state index in [1.165, 1.54) is 19.2 Å². The first kappa shape index (κ1) is 32.9. The van der Waals surface area contributed by atoms with E-state index in [2.05, 4.69) is 29.2 Å². The molecule has 1 aromatic carbocycles. The monoisotopic (exact) mass is 490 g/mol. The lowest BCUT2D eigenvalue weighted by molar-refractivity contribution is 0.0946. The van der Waals surface area contributed by atoms with Gasteiger partial charge in [0.2, 0.25) is 0 Å². The molecule has 0 aliphatic carbocycles. The van der Waals surface area contributed by atoms with Gasteiger partial charge in [-0.15, -0.1) is 0 Å². The molecule has 0 spiro atoms. The largest absolute Gasteiger partial charge is 0.496 e. The number of carbonyl (C=O) groups excluding carboxylic acids is 2. The van der Waals surface area contributed by atoms with Crippen molar-refractivity contribution in [3.8, 4) is 5.75 Å². The highest BCUT2D eigenvalue weighted by atomic mass is 35.5. The van der Waals surface area contributed by atoms with Crippen molar-refractivity contribution in [2.24, 2.45) is 5.92 Å². The van der Waals surface area contributed by atoms with Gasteiger partial charge in [0.15, 0.2) is 0 Å². The minimum absolute atomic E-state index is 0.129. The molecule has 9 nitrogen and oxygen atoms in total. The van der Waals surface area contributed by atoms with E-state index in [9.17, 15) is 9.59 Å². The van der Waals surface area contributed by atoms with E-state index in [4.69, 9.17) is 27.2 Å². The highest BCUT2D eigenvalue weighted by Crippen LogP contribution is 2.28. The van der Waals surface area contributed by atoms with Crippen LogP contribution >= 0.6 is 11.6 Å². The average molecular weight is 491 g/mol. The number of nitrogen functional groups attached to an aromatic ring is 1. The van der Waals surface area contributed by atoms with Gasteiger partial charge in [-0.25, -0.2) is 4.79 Å². The van der Waals surface area contributed by atoms with E-state index in [0.29, 0.717) is 49.1 Å². The van der Waals surface area contributed by atoms with Gasteiger partial charge in [0, 0.05) is 52.6 Å². The van der Waals surface area contributed by atoms with Crippen molar-refractivity contribution in [3.05, 3.63) is 22.7 Å². The number of methoxy groups -OCH3 is 2. The summed E-state index contributed by atoms with van der Waals surface area (Å²) < 4.78 is 9.72. The number of anilines is 1. The third kappa shape index (κ3) is 15.3. The van der Waals surface area contributed by atoms with Gasteiger partial charge in [0.05, 0.1) is 23.4 Å². The quantitative estimate of drug-likeness (QED) is 0.372. The number of carbonyl (C=O) groups is 2. The van der Waals surface area contributed by atoms with Crippen LogP contribution in [0, 0.1) is 5.92 Å². The molecule has 0 saturated carbocycles. The summed E-state index contributed by atoms with van der Waals surface area (Å²) in [6.07, 6.45) is 0.928. The molecule has 3 amide bonds. The number of nitrogens with zero attached hydrogens (tertiary/aromatic N) is 1. The summed E-state index contributed by atoms with van der Waals surface area (Å²) in [5.41, 5.74) is 6.37. The third-order valence-corrected chi connectivity index (χ3v) is 4.51. The molecule has 5 N–H and O–H groups in total. The number of ether oxygens (including phenoxy) is 2. The number of rotatable bonds is 10. The fourth-order valence-electron chi connectivity index (χ4n) is 2.30. The van der Waals surface area contributed by atoms with Crippen molar-refractivity contribution in [3.63, 3.8) is 0 Å². The Balaban J connectivity index is 0. The summed E-state index contributed by atoms with van der Waals surface area (Å²) in [6.45, 7) is 12.7. The average Bonchev–Trinajstić information content (AvgIpc) is 2.78. The molecule has 0 aromatic heterocycles. The Hall–Kier alpha value is -2.23. The van der Waals surface area contributed by atoms with Crippen molar-refractivity contribution in [1.29, 1.82) is 0 Å². The molecule has 0 aliphatic rings. The summed E-state index contributed by atoms with van der Waals surface area (Å²) in [6, 6.07) is 2.86. The van der Waals surface area contributed by atoms with E-state index < -0.39 is 0 Å². The van der Waals surface area contributed by atoms with Crippen LogP contribution in [-0.4, -0.2) is 75.6 Å². The smallest absolute Gasteiger partial charge is 0.317 e. The molecule has 10 heteroatoms. The van der Waals surface area contributed by atoms with Gasteiger partial charge in [-0.05, 0) is 39.2 Å². The maximum absolute atomic E-state index is 12.4. The van der Waals surface area contributed by atoms with Crippen LogP contribution in [0.5, 0.6) is 5.75 Å². The number of amides is 3. The van der Waals surface area contributed by atoms with Crippen LogP contribution in [0.1, 0.15) is 51.4 Å². The minimum Gasteiger partial charge on any atom is -0.496 e. The number of nitrogens with one attached hydrogen (secondary N) is 2. The van der Waals surface area contributed by atoms with Crippen LogP contribution in [0.15, 0.2) is 12.1 Å². The van der Waals surface area contributed by atoms with Crippen LogP contribution in [0.25, 0.3) is 0 Å². The molecule has 192 valence electrons. The molecular weight excluding hydrogens is 448 g/mol. The Bertz CT molecular complexity index is 672. The summed E-state index contributed by atoms with van der Waals surface area (Å²) in [5, 5.41) is 13.5. The molecule has 0 unspecified atom stereocenters. The Morgan fingerprint density at radius 2 is 1.73 bits per heavy atom. The predicted octanol–water partition coefficient (Wildman–Crippen LogP) is 3.39. The Morgan fingerprint density at radius 3 is 2.18 bits per heavy atom. The maximum atomic E-state index is 12.4. The zero-order valence-corrected chi connectivity index (χ0v) is 21.9. The lowest BCUT2D eigenvalue weighted by Gasteiger charge is -2.22. The second-order valence-electron chi connectivity index (χ2n) is 7.22. The molecule has 1 aromatic rings. The molecule has 0 saturated heterocycles. The number of aliphatic hydroxyl groups excluding tert-OH is 1. The van der Waals surface area contributed by atoms with E-state index >= 15 is 0 Å². The zero-order valence-electron chi connectivity index (χ0n) is 21.2. The topological polar surface area (TPSA) is 126 Å². The Kier molecular flexibility index (Phi) is 20.3. The number of hydrogen-bond donors (Lipinski definition) is 4. The lowest BCUT2D eigenvalue weighted by atomic mass is 10.1. The van der Waals surface area contributed by atoms with Crippen molar-refractivity contribution in [1.82, 2.24) is 15.5 Å². The van der Waals surface area contributed by atoms with E-state index in [1.807, 2.05) is 13.8 Å². The second kappa shape index (κ2) is 20.4. The zero-order chi connectivity index (χ0) is 25.8. The molecule has 0 fully saturated rings. The standard InChI is InChI=1S/C18H29ClN4O3.C3H8O.C2H6O/c1-5-23(18(25)22-7-6-12(2)3)9-8-21-17(24)13-10-14(19)15(20)11-16(13)26-4;1-3-4-2;1-2-3/h10-12H,5-9,20H2,1-4H3,(H,21,24)(H,22,25);3H2,1-2H3;3H,2H2,1H3. The fraction of sp³-hybridized carbons (Fsp3) is 0.652. The molecule has 0 bridgehead atoms. The van der Waals surface area contributed by atoms with Gasteiger partial charge in [0.25, 0.3) is 5.91 Å². The number of aliphatic hydroxyl groups is 1. The third-order valence-electron chi connectivity index (χ3n) is 4.19. The van der Waals surface area contributed by atoms with Gasteiger partial charge in [0.1, 0.15) is 5.75 Å². The number of halogens is 1. The first-order chi connectivity index (χ1) is 15.6. The Morgan fingerprint density at radius 1 is 1.15 bits per heavy atom. The molecule has 0 aliphatic heterocycles. The molecule has 1 rings (SSSR count). The summed E-state index contributed by atoms with van der Waals surface area (Å²) in [4.78, 5) is 26.1. The normalized spacial score (nSPS) is 9.76. The number of benzene rings is 1. The maximum Gasteiger partial charge on any atom is 0.317 e. The number of hydrogen-bond acceptors (Lipinski definition) is 6. The Labute approximate surface area is 203 Å². The van der Waals surface area contributed by atoms with Crippen LogP contribution in [0.4, 0.5) is 10.5 Å². The molecule has 0 heterocycles. The van der Waals surface area contributed by atoms with Crippen LogP contribution in [0.3, 0.4) is 0 Å². The molecular formula is C23H43ClN4O5. The first-order valence-corrected chi connectivity index (χ1v) is 11.5.